The second-order valence-corrected chi connectivity index (χ2v) is 5.00. The van der Waals surface area contributed by atoms with Gasteiger partial charge in [-0.3, -0.25) is 4.79 Å². The van der Waals surface area contributed by atoms with Gasteiger partial charge in [-0.25, -0.2) is 0 Å². The summed E-state index contributed by atoms with van der Waals surface area (Å²) in [6, 6.07) is 6.17. The number of amides is 1. The highest BCUT2D eigenvalue weighted by Gasteiger charge is 2.39. The summed E-state index contributed by atoms with van der Waals surface area (Å²) in [5.41, 5.74) is 0.864. The van der Waals surface area contributed by atoms with Crippen molar-refractivity contribution in [1.82, 2.24) is 5.32 Å². The van der Waals surface area contributed by atoms with Gasteiger partial charge < -0.3 is 10.1 Å². The zero-order valence-corrected chi connectivity index (χ0v) is 10.9. The minimum Gasteiger partial charge on any atom is -0.435 e. The van der Waals surface area contributed by atoms with Gasteiger partial charge in [0.05, 0.1) is 6.04 Å². The maximum absolute atomic E-state index is 12.0. The fourth-order valence-corrected chi connectivity index (χ4v) is 2.03. The predicted octanol–water partition coefficient (Wildman–Crippen LogP) is 3.12. The van der Waals surface area contributed by atoms with Gasteiger partial charge in [-0.15, -0.1) is 0 Å². The molecule has 0 unspecified atom stereocenters. The van der Waals surface area contributed by atoms with Crippen LogP contribution in [0.5, 0.6) is 5.75 Å². The lowest BCUT2D eigenvalue weighted by Gasteiger charge is -2.15. The van der Waals surface area contributed by atoms with E-state index in [2.05, 4.69) is 10.1 Å². The number of halogens is 2. The Morgan fingerprint density at radius 3 is 2.42 bits per heavy atom. The number of benzene rings is 1. The van der Waals surface area contributed by atoms with Crippen LogP contribution in [0, 0.1) is 11.8 Å². The van der Waals surface area contributed by atoms with Crippen molar-refractivity contribution in [2.75, 3.05) is 0 Å². The Kier molecular flexibility index (Phi) is 4.02. The van der Waals surface area contributed by atoms with Crippen molar-refractivity contribution >= 4 is 5.91 Å². The Morgan fingerprint density at radius 1 is 1.37 bits per heavy atom. The zero-order chi connectivity index (χ0) is 14.0. The SMILES string of the molecule is C[C@H](NC(=O)[C@H]1C[C@H]1C)c1ccc(OC(F)F)cc1. The van der Waals surface area contributed by atoms with Gasteiger partial charge in [0.25, 0.3) is 0 Å². The van der Waals surface area contributed by atoms with Crippen molar-refractivity contribution in [2.24, 2.45) is 11.8 Å². The van der Waals surface area contributed by atoms with Crippen LogP contribution in [0.3, 0.4) is 0 Å². The van der Waals surface area contributed by atoms with Gasteiger partial charge in [0, 0.05) is 5.92 Å². The van der Waals surface area contributed by atoms with E-state index in [0.717, 1.165) is 12.0 Å². The molecule has 1 aromatic carbocycles. The van der Waals surface area contributed by atoms with E-state index >= 15 is 0 Å². The molecule has 0 heterocycles. The van der Waals surface area contributed by atoms with Gasteiger partial charge in [0.1, 0.15) is 5.75 Å². The molecule has 0 bridgehead atoms. The number of carbonyl (C=O) groups excluding carboxylic acids is 1. The zero-order valence-electron chi connectivity index (χ0n) is 10.9. The fourth-order valence-electron chi connectivity index (χ4n) is 2.03. The summed E-state index contributed by atoms with van der Waals surface area (Å²) >= 11 is 0. The Hall–Kier alpha value is -1.65. The average molecular weight is 269 g/mol. The van der Waals surface area contributed by atoms with Gasteiger partial charge in [-0.2, -0.15) is 8.78 Å². The van der Waals surface area contributed by atoms with Crippen molar-refractivity contribution in [3.63, 3.8) is 0 Å². The van der Waals surface area contributed by atoms with E-state index in [9.17, 15) is 13.6 Å². The highest BCUT2D eigenvalue weighted by molar-refractivity contribution is 5.81. The van der Waals surface area contributed by atoms with Crippen LogP contribution in [-0.2, 0) is 4.79 Å². The van der Waals surface area contributed by atoms with Crippen LogP contribution in [0.1, 0.15) is 31.9 Å². The summed E-state index contributed by atoms with van der Waals surface area (Å²) in [7, 11) is 0. The van der Waals surface area contributed by atoms with Crippen molar-refractivity contribution in [2.45, 2.75) is 32.9 Å². The third-order valence-electron chi connectivity index (χ3n) is 3.41. The maximum atomic E-state index is 12.0. The minimum atomic E-state index is -2.82. The lowest BCUT2D eigenvalue weighted by atomic mass is 10.1. The second-order valence-electron chi connectivity index (χ2n) is 5.00. The highest BCUT2D eigenvalue weighted by atomic mass is 19.3. The van der Waals surface area contributed by atoms with Gasteiger partial charge in [-0.1, -0.05) is 19.1 Å². The molecular formula is C14H17F2NO2. The number of ether oxygens (including phenoxy) is 1. The molecule has 19 heavy (non-hydrogen) atoms. The first kappa shape index (κ1) is 13.8. The molecule has 1 aromatic rings. The van der Waals surface area contributed by atoms with Crippen LogP contribution >= 0.6 is 0 Å². The smallest absolute Gasteiger partial charge is 0.387 e. The number of hydrogen-bond acceptors (Lipinski definition) is 2. The summed E-state index contributed by atoms with van der Waals surface area (Å²) in [6.45, 7) is 1.10. The monoisotopic (exact) mass is 269 g/mol. The van der Waals surface area contributed by atoms with Crippen molar-refractivity contribution < 1.29 is 18.3 Å². The Morgan fingerprint density at radius 2 is 1.95 bits per heavy atom. The Balaban J connectivity index is 1.91. The summed E-state index contributed by atoms with van der Waals surface area (Å²) < 4.78 is 28.3. The summed E-state index contributed by atoms with van der Waals surface area (Å²) in [6.07, 6.45) is 0.944. The van der Waals surface area contributed by atoms with Crippen LogP contribution in [0.15, 0.2) is 24.3 Å². The van der Waals surface area contributed by atoms with Gasteiger partial charge in [0.2, 0.25) is 5.91 Å². The molecule has 0 saturated heterocycles. The van der Waals surface area contributed by atoms with E-state index < -0.39 is 6.61 Å². The largest absolute Gasteiger partial charge is 0.435 e. The number of carbonyl (C=O) groups is 1. The Bertz CT molecular complexity index is 447. The van der Waals surface area contributed by atoms with E-state index in [-0.39, 0.29) is 23.6 Å². The maximum Gasteiger partial charge on any atom is 0.387 e. The van der Waals surface area contributed by atoms with Crippen LogP contribution in [0.4, 0.5) is 8.78 Å². The first-order valence-electron chi connectivity index (χ1n) is 6.32. The molecule has 3 nitrogen and oxygen atoms in total. The molecule has 1 fully saturated rings. The van der Waals surface area contributed by atoms with Crippen molar-refractivity contribution in [3.05, 3.63) is 29.8 Å². The first-order valence-corrected chi connectivity index (χ1v) is 6.32. The Labute approximate surface area is 111 Å². The highest BCUT2D eigenvalue weighted by Crippen LogP contribution is 2.38. The molecular weight excluding hydrogens is 252 g/mol. The molecule has 1 aliphatic carbocycles. The molecule has 1 amide bonds. The summed E-state index contributed by atoms with van der Waals surface area (Å²) in [5, 5.41) is 2.92. The first-order chi connectivity index (χ1) is 8.97. The molecule has 3 atom stereocenters. The number of alkyl halides is 2. The van der Waals surface area contributed by atoms with E-state index in [1.807, 2.05) is 13.8 Å². The molecule has 0 aromatic heterocycles. The third kappa shape index (κ3) is 3.66. The lowest BCUT2D eigenvalue weighted by Crippen LogP contribution is -2.28. The van der Waals surface area contributed by atoms with Gasteiger partial charge >= 0.3 is 6.61 Å². The lowest BCUT2D eigenvalue weighted by molar-refractivity contribution is -0.123. The van der Waals surface area contributed by atoms with Gasteiger partial charge in [-0.05, 0) is 37.0 Å². The quantitative estimate of drug-likeness (QED) is 0.892. The molecule has 1 saturated carbocycles. The number of nitrogens with one attached hydrogen (secondary N) is 1. The van der Waals surface area contributed by atoms with E-state index in [4.69, 9.17) is 0 Å². The molecule has 104 valence electrons. The van der Waals surface area contributed by atoms with Crippen molar-refractivity contribution in [1.29, 1.82) is 0 Å². The van der Waals surface area contributed by atoms with E-state index in [1.54, 1.807) is 12.1 Å². The van der Waals surface area contributed by atoms with Crippen molar-refractivity contribution in [3.8, 4) is 5.75 Å². The number of hydrogen-bond donors (Lipinski definition) is 1. The minimum absolute atomic E-state index is 0.0629. The van der Waals surface area contributed by atoms with Gasteiger partial charge in [0.15, 0.2) is 0 Å². The van der Waals surface area contributed by atoms with Crippen LogP contribution in [-0.4, -0.2) is 12.5 Å². The molecule has 0 radical (unpaired) electrons. The molecule has 2 rings (SSSR count). The molecule has 0 aliphatic heterocycles. The van der Waals surface area contributed by atoms with Crippen LogP contribution < -0.4 is 10.1 Å². The summed E-state index contributed by atoms with van der Waals surface area (Å²) in [5.74, 6) is 0.777. The van der Waals surface area contributed by atoms with E-state index in [1.165, 1.54) is 12.1 Å². The van der Waals surface area contributed by atoms with Crippen LogP contribution in [0.2, 0.25) is 0 Å². The second kappa shape index (κ2) is 5.55. The normalized spacial score (nSPS) is 23.0. The molecule has 1 N–H and O–H groups in total. The summed E-state index contributed by atoms with van der Waals surface area (Å²) in [4.78, 5) is 11.8. The number of rotatable bonds is 5. The molecule has 1 aliphatic rings. The molecule has 5 heteroatoms. The third-order valence-corrected chi connectivity index (χ3v) is 3.41. The van der Waals surface area contributed by atoms with Crippen LogP contribution in [0.25, 0.3) is 0 Å². The average Bonchev–Trinajstić information content (AvgIpc) is 3.06. The topological polar surface area (TPSA) is 38.3 Å². The standard InChI is InChI=1S/C14H17F2NO2/c1-8-7-12(8)13(18)17-9(2)10-3-5-11(6-4-10)19-14(15)16/h3-6,8-9,12,14H,7H2,1-2H3,(H,17,18)/t8-,9+,12+/m1/s1. The fraction of sp³-hybridized carbons (Fsp3) is 0.500. The van der Waals surface area contributed by atoms with E-state index in [0.29, 0.717) is 5.92 Å². The predicted molar refractivity (Wildman–Crippen MR) is 66.9 cm³/mol. The molecule has 0 spiro atoms.